The van der Waals surface area contributed by atoms with Crippen molar-refractivity contribution in [3.05, 3.63) is 22.7 Å². The summed E-state index contributed by atoms with van der Waals surface area (Å²) in [4.78, 5) is 0. The molecule has 0 amide bonds. The first-order valence-corrected chi connectivity index (χ1v) is 5.22. The number of nitrogens with one attached hydrogen (secondary N) is 1. The third-order valence-corrected chi connectivity index (χ3v) is 2.54. The lowest BCUT2D eigenvalue weighted by atomic mass is 10.2. The van der Waals surface area contributed by atoms with E-state index in [0.717, 1.165) is 18.7 Å². The quantitative estimate of drug-likeness (QED) is 0.842. The lowest BCUT2D eigenvalue weighted by molar-refractivity contribution is 0.354. The van der Waals surface area contributed by atoms with Crippen molar-refractivity contribution in [1.82, 2.24) is 5.32 Å². The molecule has 0 aromatic heterocycles. The number of benzene rings is 1. The van der Waals surface area contributed by atoms with Gasteiger partial charge in [-0.25, -0.2) is 0 Å². The Morgan fingerprint density at radius 1 is 1.27 bits per heavy atom. The average molecular weight is 230 g/mol. The first kappa shape index (κ1) is 12.1. The second-order valence-corrected chi connectivity index (χ2v) is 3.43. The van der Waals surface area contributed by atoms with Crippen molar-refractivity contribution in [1.29, 1.82) is 0 Å². The van der Waals surface area contributed by atoms with Gasteiger partial charge >= 0.3 is 0 Å². The predicted octanol–water partition coefficient (Wildman–Crippen LogP) is 2.47. The van der Waals surface area contributed by atoms with E-state index in [1.807, 2.05) is 12.1 Å². The highest BCUT2D eigenvalue weighted by molar-refractivity contribution is 6.33. The Bertz CT molecular complexity index is 329. The van der Waals surface area contributed by atoms with Crippen LogP contribution in [0, 0.1) is 0 Å². The van der Waals surface area contributed by atoms with Gasteiger partial charge in [-0.1, -0.05) is 24.6 Å². The minimum atomic E-state index is 0.592. The maximum absolute atomic E-state index is 6.18. The molecule has 0 saturated heterocycles. The Morgan fingerprint density at radius 3 is 2.53 bits per heavy atom. The Balaban J connectivity index is 3.00. The Morgan fingerprint density at radius 2 is 2.00 bits per heavy atom. The standard InChI is InChI=1S/C11H16ClNO2/c1-4-13-7-8-5-6-9(14-2)11(15-3)10(8)12/h5-6,13H,4,7H2,1-3H3. The minimum Gasteiger partial charge on any atom is -0.493 e. The van der Waals surface area contributed by atoms with Gasteiger partial charge in [0.2, 0.25) is 0 Å². The molecule has 0 radical (unpaired) electrons. The van der Waals surface area contributed by atoms with Gasteiger partial charge < -0.3 is 14.8 Å². The zero-order chi connectivity index (χ0) is 11.3. The Hall–Kier alpha value is -0.930. The van der Waals surface area contributed by atoms with Gasteiger partial charge in [0.25, 0.3) is 0 Å². The molecule has 0 spiro atoms. The van der Waals surface area contributed by atoms with Gasteiger partial charge in [-0.05, 0) is 18.2 Å². The summed E-state index contributed by atoms with van der Waals surface area (Å²) in [5, 5.41) is 3.82. The number of rotatable bonds is 5. The van der Waals surface area contributed by atoms with Crippen LogP contribution in [0.25, 0.3) is 0 Å². The fourth-order valence-electron chi connectivity index (χ4n) is 1.33. The molecule has 1 aromatic rings. The second kappa shape index (κ2) is 5.83. The van der Waals surface area contributed by atoms with Crippen molar-refractivity contribution in [2.75, 3.05) is 20.8 Å². The van der Waals surface area contributed by atoms with Crippen LogP contribution in [0.15, 0.2) is 12.1 Å². The molecule has 1 aromatic carbocycles. The molecule has 1 rings (SSSR count). The van der Waals surface area contributed by atoms with Gasteiger partial charge in [0, 0.05) is 6.54 Å². The lowest BCUT2D eigenvalue weighted by Crippen LogP contribution is -2.12. The number of halogens is 1. The molecular formula is C11H16ClNO2. The van der Waals surface area contributed by atoms with Crippen LogP contribution in [0.2, 0.25) is 5.02 Å². The molecule has 0 unspecified atom stereocenters. The monoisotopic (exact) mass is 229 g/mol. The van der Waals surface area contributed by atoms with Crippen molar-refractivity contribution in [2.45, 2.75) is 13.5 Å². The average Bonchev–Trinajstić information content (AvgIpc) is 2.27. The zero-order valence-electron chi connectivity index (χ0n) is 9.26. The van der Waals surface area contributed by atoms with Gasteiger partial charge in [-0.2, -0.15) is 0 Å². The predicted molar refractivity (Wildman–Crippen MR) is 61.9 cm³/mol. The van der Waals surface area contributed by atoms with Crippen molar-refractivity contribution in [3.8, 4) is 11.5 Å². The summed E-state index contributed by atoms with van der Waals surface area (Å²) in [6.45, 7) is 3.69. The molecule has 0 aliphatic carbocycles. The van der Waals surface area contributed by atoms with Crippen LogP contribution in [0.4, 0.5) is 0 Å². The molecule has 0 atom stereocenters. The van der Waals surface area contributed by atoms with E-state index >= 15 is 0 Å². The maximum atomic E-state index is 6.18. The normalized spacial score (nSPS) is 10.1. The van der Waals surface area contributed by atoms with Crippen LogP contribution in [0.1, 0.15) is 12.5 Å². The minimum absolute atomic E-state index is 0.592. The highest BCUT2D eigenvalue weighted by Crippen LogP contribution is 2.37. The van der Waals surface area contributed by atoms with Crippen molar-refractivity contribution >= 4 is 11.6 Å². The van der Waals surface area contributed by atoms with Gasteiger partial charge in [0.1, 0.15) is 0 Å². The SMILES string of the molecule is CCNCc1ccc(OC)c(OC)c1Cl. The Kier molecular flexibility index (Phi) is 4.72. The number of ether oxygens (including phenoxy) is 2. The molecular weight excluding hydrogens is 214 g/mol. The smallest absolute Gasteiger partial charge is 0.179 e. The van der Waals surface area contributed by atoms with E-state index in [1.54, 1.807) is 14.2 Å². The largest absolute Gasteiger partial charge is 0.493 e. The summed E-state index contributed by atoms with van der Waals surface area (Å²) in [5.74, 6) is 1.25. The molecule has 0 bridgehead atoms. The van der Waals surface area contributed by atoms with Crippen LogP contribution in [0.5, 0.6) is 11.5 Å². The molecule has 0 heterocycles. The summed E-state index contributed by atoms with van der Waals surface area (Å²) in [5.41, 5.74) is 1.01. The molecule has 1 N–H and O–H groups in total. The highest BCUT2D eigenvalue weighted by atomic mass is 35.5. The van der Waals surface area contributed by atoms with E-state index in [1.165, 1.54) is 0 Å². The summed E-state index contributed by atoms with van der Waals surface area (Å²) in [7, 11) is 3.18. The van der Waals surface area contributed by atoms with E-state index < -0.39 is 0 Å². The second-order valence-electron chi connectivity index (χ2n) is 3.05. The van der Waals surface area contributed by atoms with Gasteiger partial charge in [-0.15, -0.1) is 0 Å². The van der Waals surface area contributed by atoms with E-state index in [0.29, 0.717) is 16.5 Å². The van der Waals surface area contributed by atoms with E-state index in [4.69, 9.17) is 21.1 Å². The summed E-state index contributed by atoms with van der Waals surface area (Å²) in [6.07, 6.45) is 0. The molecule has 84 valence electrons. The fourth-order valence-corrected chi connectivity index (χ4v) is 1.63. The molecule has 0 fully saturated rings. The number of hydrogen-bond donors (Lipinski definition) is 1. The van der Waals surface area contributed by atoms with Crippen molar-refractivity contribution in [2.24, 2.45) is 0 Å². The fraction of sp³-hybridized carbons (Fsp3) is 0.455. The molecule has 0 aliphatic heterocycles. The van der Waals surface area contributed by atoms with E-state index in [-0.39, 0.29) is 0 Å². The van der Waals surface area contributed by atoms with Gasteiger partial charge in [-0.3, -0.25) is 0 Å². The molecule has 15 heavy (non-hydrogen) atoms. The summed E-state index contributed by atoms with van der Waals surface area (Å²) < 4.78 is 10.3. The highest BCUT2D eigenvalue weighted by Gasteiger charge is 2.12. The zero-order valence-corrected chi connectivity index (χ0v) is 10.0. The number of methoxy groups -OCH3 is 2. The van der Waals surface area contributed by atoms with Gasteiger partial charge in [0.15, 0.2) is 11.5 Å². The van der Waals surface area contributed by atoms with E-state index in [9.17, 15) is 0 Å². The lowest BCUT2D eigenvalue weighted by Gasteiger charge is -2.12. The molecule has 0 saturated carbocycles. The molecule has 0 aliphatic rings. The van der Waals surface area contributed by atoms with Crippen LogP contribution in [-0.4, -0.2) is 20.8 Å². The van der Waals surface area contributed by atoms with Crippen molar-refractivity contribution < 1.29 is 9.47 Å². The summed E-state index contributed by atoms with van der Waals surface area (Å²) >= 11 is 6.18. The summed E-state index contributed by atoms with van der Waals surface area (Å²) in [6, 6.07) is 3.80. The molecule has 4 heteroatoms. The van der Waals surface area contributed by atoms with Crippen LogP contribution in [0.3, 0.4) is 0 Å². The molecule has 3 nitrogen and oxygen atoms in total. The Labute approximate surface area is 95.3 Å². The topological polar surface area (TPSA) is 30.5 Å². The van der Waals surface area contributed by atoms with E-state index in [2.05, 4.69) is 12.2 Å². The van der Waals surface area contributed by atoms with Crippen LogP contribution in [-0.2, 0) is 6.54 Å². The third-order valence-electron chi connectivity index (χ3n) is 2.13. The van der Waals surface area contributed by atoms with Crippen LogP contribution < -0.4 is 14.8 Å². The first-order valence-electron chi connectivity index (χ1n) is 4.84. The van der Waals surface area contributed by atoms with Gasteiger partial charge in [0.05, 0.1) is 19.2 Å². The van der Waals surface area contributed by atoms with Crippen molar-refractivity contribution in [3.63, 3.8) is 0 Å². The number of hydrogen-bond acceptors (Lipinski definition) is 3. The van der Waals surface area contributed by atoms with Crippen LogP contribution >= 0.6 is 11.6 Å². The maximum Gasteiger partial charge on any atom is 0.179 e. The third kappa shape index (κ3) is 2.76. The first-order chi connectivity index (χ1) is 7.24.